The van der Waals surface area contributed by atoms with Crippen LogP contribution in [0.5, 0.6) is 0 Å². The molecule has 0 aliphatic carbocycles. The molecule has 5 heteroatoms. The van der Waals surface area contributed by atoms with E-state index in [9.17, 15) is 0 Å². The molecule has 2 heterocycles. The van der Waals surface area contributed by atoms with Gasteiger partial charge in [0, 0.05) is 38.1 Å². The minimum Gasteiger partial charge on any atom is -0.311 e. The van der Waals surface area contributed by atoms with E-state index in [-0.39, 0.29) is 0 Å². The maximum absolute atomic E-state index is 4.31. The van der Waals surface area contributed by atoms with Crippen molar-refractivity contribution in [2.75, 3.05) is 6.54 Å². The quantitative estimate of drug-likeness (QED) is 0.773. The van der Waals surface area contributed by atoms with Crippen molar-refractivity contribution in [3.05, 3.63) is 34.5 Å². The first-order valence-electron chi connectivity index (χ1n) is 4.91. The summed E-state index contributed by atoms with van der Waals surface area (Å²) in [5.41, 5.74) is 4.10. The third-order valence-corrected chi connectivity index (χ3v) is 2.75. The van der Waals surface area contributed by atoms with Crippen molar-refractivity contribution in [2.24, 2.45) is 7.05 Å². The topological polar surface area (TPSA) is 42.7 Å². The summed E-state index contributed by atoms with van der Waals surface area (Å²) in [7, 11) is 1.94. The molecule has 0 fully saturated rings. The summed E-state index contributed by atoms with van der Waals surface area (Å²) < 4.78 is 1.83. The van der Waals surface area contributed by atoms with Crippen molar-refractivity contribution in [1.29, 1.82) is 0 Å². The number of aryl methyl sites for hydroxylation is 1. The van der Waals surface area contributed by atoms with Crippen molar-refractivity contribution in [3.63, 3.8) is 0 Å². The van der Waals surface area contributed by atoms with E-state index in [0.29, 0.717) is 0 Å². The predicted molar refractivity (Wildman–Crippen MR) is 60.7 cm³/mol. The molecule has 0 atom stereocenters. The largest absolute Gasteiger partial charge is 0.311 e. The van der Waals surface area contributed by atoms with Crippen molar-refractivity contribution >= 4 is 11.3 Å². The van der Waals surface area contributed by atoms with Gasteiger partial charge in [-0.05, 0) is 6.07 Å². The molecule has 80 valence electrons. The number of nitrogens with one attached hydrogen (secondary N) is 1. The predicted octanol–water partition coefficient (Wildman–Crippen LogP) is 1.21. The van der Waals surface area contributed by atoms with Gasteiger partial charge in [0.1, 0.15) is 0 Å². The van der Waals surface area contributed by atoms with Gasteiger partial charge in [-0.1, -0.05) is 0 Å². The SMILES string of the molecule is Cn1ccc(CCNCc2cscn2)n1. The maximum Gasteiger partial charge on any atom is 0.0795 e. The van der Waals surface area contributed by atoms with E-state index in [0.717, 1.165) is 30.9 Å². The summed E-state index contributed by atoms with van der Waals surface area (Å²) in [6.45, 7) is 1.78. The van der Waals surface area contributed by atoms with E-state index in [1.807, 2.05) is 29.5 Å². The van der Waals surface area contributed by atoms with E-state index in [4.69, 9.17) is 0 Å². The molecular formula is C10H14N4S. The lowest BCUT2D eigenvalue weighted by Gasteiger charge is -2.00. The highest BCUT2D eigenvalue weighted by Gasteiger charge is 1.97. The van der Waals surface area contributed by atoms with Gasteiger partial charge < -0.3 is 5.32 Å². The third-order valence-electron chi connectivity index (χ3n) is 2.12. The Labute approximate surface area is 93.0 Å². The fourth-order valence-electron chi connectivity index (χ4n) is 1.35. The summed E-state index contributed by atoms with van der Waals surface area (Å²) in [6.07, 6.45) is 2.93. The summed E-state index contributed by atoms with van der Waals surface area (Å²) in [4.78, 5) is 4.20. The molecule has 2 aromatic rings. The van der Waals surface area contributed by atoms with Gasteiger partial charge in [0.2, 0.25) is 0 Å². The number of rotatable bonds is 5. The first-order valence-corrected chi connectivity index (χ1v) is 5.85. The van der Waals surface area contributed by atoms with Crippen molar-refractivity contribution < 1.29 is 0 Å². The lowest BCUT2D eigenvalue weighted by Crippen LogP contribution is -2.17. The van der Waals surface area contributed by atoms with Crippen molar-refractivity contribution in [3.8, 4) is 0 Å². The molecule has 0 radical (unpaired) electrons. The number of thiazole rings is 1. The monoisotopic (exact) mass is 222 g/mol. The molecule has 0 amide bonds. The Bertz CT molecular complexity index is 393. The van der Waals surface area contributed by atoms with E-state index in [1.165, 1.54) is 0 Å². The lowest BCUT2D eigenvalue weighted by atomic mass is 10.3. The van der Waals surface area contributed by atoms with E-state index < -0.39 is 0 Å². The molecule has 2 rings (SSSR count). The minimum atomic E-state index is 0.844. The highest BCUT2D eigenvalue weighted by atomic mass is 32.1. The molecule has 0 aromatic carbocycles. The van der Waals surface area contributed by atoms with E-state index in [2.05, 4.69) is 20.8 Å². The third kappa shape index (κ3) is 3.14. The number of hydrogen-bond acceptors (Lipinski definition) is 4. The van der Waals surface area contributed by atoms with Crippen LogP contribution in [0.15, 0.2) is 23.2 Å². The second-order valence-corrected chi connectivity index (χ2v) is 4.11. The molecule has 0 aliphatic rings. The molecular weight excluding hydrogens is 208 g/mol. The fraction of sp³-hybridized carbons (Fsp3) is 0.400. The highest BCUT2D eigenvalue weighted by Crippen LogP contribution is 2.00. The number of hydrogen-bond donors (Lipinski definition) is 1. The van der Waals surface area contributed by atoms with Crippen LogP contribution in [-0.4, -0.2) is 21.3 Å². The van der Waals surface area contributed by atoms with Crippen LogP contribution in [-0.2, 0) is 20.0 Å². The summed E-state index contributed by atoms with van der Waals surface area (Å²) >= 11 is 1.63. The Hall–Kier alpha value is -1.20. The Balaban J connectivity index is 1.67. The zero-order valence-corrected chi connectivity index (χ0v) is 9.50. The van der Waals surface area contributed by atoms with Gasteiger partial charge in [0.15, 0.2) is 0 Å². The van der Waals surface area contributed by atoms with Crippen molar-refractivity contribution in [2.45, 2.75) is 13.0 Å². The number of aromatic nitrogens is 3. The molecule has 4 nitrogen and oxygen atoms in total. The van der Waals surface area contributed by atoms with Gasteiger partial charge in [0.25, 0.3) is 0 Å². The van der Waals surface area contributed by atoms with E-state index >= 15 is 0 Å². The van der Waals surface area contributed by atoms with Crippen LogP contribution in [0, 0.1) is 0 Å². The average Bonchev–Trinajstić information content (AvgIpc) is 2.84. The smallest absolute Gasteiger partial charge is 0.0795 e. The molecule has 15 heavy (non-hydrogen) atoms. The Morgan fingerprint density at radius 2 is 2.40 bits per heavy atom. The molecule has 0 aliphatic heterocycles. The van der Waals surface area contributed by atoms with Crippen LogP contribution < -0.4 is 5.32 Å². The van der Waals surface area contributed by atoms with Gasteiger partial charge >= 0.3 is 0 Å². The molecule has 0 saturated carbocycles. The zero-order valence-electron chi connectivity index (χ0n) is 8.68. The maximum atomic E-state index is 4.31. The minimum absolute atomic E-state index is 0.844. The van der Waals surface area contributed by atoms with Crippen LogP contribution in [0.3, 0.4) is 0 Å². The molecule has 0 bridgehead atoms. The molecule has 0 saturated heterocycles. The first-order chi connectivity index (χ1) is 7.34. The average molecular weight is 222 g/mol. The molecule has 0 unspecified atom stereocenters. The van der Waals surface area contributed by atoms with Gasteiger partial charge in [-0.15, -0.1) is 11.3 Å². The fourth-order valence-corrected chi connectivity index (χ4v) is 1.91. The van der Waals surface area contributed by atoms with E-state index in [1.54, 1.807) is 11.3 Å². The van der Waals surface area contributed by atoms with Crippen LogP contribution >= 0.6 is 11.3 Å². The molecule has 0 spiro atoms. The lowest BCUT2D eigenvalue weighted by molar-refractivity contribution is 0.659. The second kappa shape index (κ2) is 5.04. The number of nitrogens with zero attached hydrogens (tertiary/aromatic N) is 3. The van der Waals surface area contributed by atoms with Crippen LogP contribution in [0.4, 0.5) is 0 Å². The highest BCUT2D eigenvalue weighted by molar-refractivity contribution is 7.07. The molecule has 2 aromatic heterocycles. The Morgan fingerprint density at radius 1 is 1.47 bits per heavy atom. The van der Waals surface area contributed by atoms with Crippen molar-refractivity contribution in [1.82, 2.24) is 20.1 Å². The summed E-state index contributed by atoms with van der Waals surface area (Å²) in [5, 5.41) is 9.71. The zero-order chi connectivity index (χ0) is 10.5. The van der Waals surface area contributed by atoms with Crippen LogP contribution in [0.25, 0.3) is 0 Å². The van der Waals surface area contributed by atoms with Crippen LogP contribution in [0.2, 0.25) is 0 Å². The van der Waals surface area contributed by atoms with Gasteiger partial charge in [-0.25, -0.2) is 4.98 Å². The second-order valence-electron chi connectivity index (χ2n) is 3.39. The normalized spacial score (nSPS) is 10.7. The summed E-state index contributed by atoms with van der Waals surface area (Å²) in [5.74, 6) is 0. The summed E-state index contributed by atoms with van der Waals surface area (Å²) in [6, 6.07) is 2.05. The van der Waals surface area contributed by atoms with Crippen LogP contribution in [0.1, 0.15) is 11.4 Å². The Morgan fingerprint density at radius 3 is 3.07 bits per heavy atom. The Kier molecular flexibility index (Phi) is 3.47. The van der Waals surface area contributed by atoms with Gasteiger partial charge in [0.05, 0.1) is 16.9 Å². The van der Waals surface area contributed by atoms with Gasteiger partial charge in [-0.3, -0.25) is 4.68 Å². The standard InChI is InChI=1S/C10H14N4S/c1-14-5-3-9(13-14)2-4-11-6-10-7-15-8-12-10/h3,5,7-8,11H,2,4,6H2,1H3. The first kappa shape index (κ1) is 10.3. The molecule has 1 N–H and O–H groups in total. The van der Waals surface area contributed by atoms with Gasteiger partial charge in [-0.2, -0.15) is 5.10 Å².